The molecule has 3 aliphatic carbocycles. The third-order valence-electron chi connectivity index (χ3n) is 7.01. The van der Waals surface area contributed by atoms with Crippen molar-refractivity contribution >= 4 is 23.6 Å². The number of aromatic hydroxyl groups is 1. The highest BCUT2D eigenvalue weighted by Gasteiger charge is 2.59. The van der Waals surface area contributed by atoms with E-state index in [4.69, 9.17) is 10.5 Å². The number of carbonyl (C=O) groups excluding carboxylic acids is 4. The molecule has 0 spiro atoms. The minimum absolute atomic E-state index is 0.0158. The van der Waals surface area contributed by atoms with Gasteiger partial charge in [-0.3, -0.25) is 14.4 Å². The molecule has 11 heteroatoms. The number of hydrogen-bond acceptors (Lipinski definition) is 9. The zero-order valence-electron chi connectivity index (χ0n) is 19.8. The van der Waals surface area contributed by atoms with Crippen molar-refractivity contribution < 1.29 is 44.3 Å². The molecule has 0 unspecified atom stereocenters. The minimum atomic E-state index is -2.61. The fraction of sp³-hybridized carbons (Fsp3) is 0.440. The van der Waals surface area contributed by atoms with Gasteiger partial charge in [0.25, 0.3) is 5.91 Å². The number of ketones is 2. The lowest BCUT2D eigenvalue weighted by molar-refractivity contribution is -0.144. The van der Waals surface area contributed by atoms with Crippen LogP contribution in [0.4, 0.5) is 4.79 Å². The maximum Gasteiger partial charge on any atom is 0.407 e. The molecule has 3 aliphatic rings. The fourth-order valence-electron chi connectivity index (χ4n) is 5.31. The molecule has 0 aliphatic heterocycles. The molecule has 1 aromatic carbocycles. The number of fused-ring (bicyclic) bond motifs is 3. The normalized spacial score (nSPS) is 25.3. The molecule has 0 radical (unpaired) electrons. The highest BCUT2D eigenvalue weighted by molar-refractivity contribution is 6.24. The highest BCUT2D eigenvalue weighted by atomic mass is 16.5. The van der Waals surface area contributed by atoms with Gasteiger partial charge in [-0.1, -0.05) is 19.9 Å². The standard InChI is InChI=1S/C25H28N2O9/c1-10(2)9-36-24(34)27-8-11-3-4-15(28)18-14(11)6-12-5-13-7-16(29)19(23(26)33)22(32)25(13,35)21(31)17(12)20(18)30/h3-4,10,12-13,28-29,31,35H,5-9H2,1-2H3,(H2,26,33)(H,27,34)/t12-,13+,25+/m1/s1. The number of primary amides is 1. The first-order valence-electron chi connectivity index (χ1n) is 11.6. The molecule has 1 aromatic rings. The van der Waals surface area contributed by atoms with E-state index in [1.165, 1.54) is 6.07 Å². The van der Waals surface area contributed by atoms with Gasteiger partial charge < -0.3 is 36.2 Å². The number of phenolic OH excluding ortho intramolecular Hbond substituents is 1. The molecular formula is C25H28N2O9. The number of nitrogens with two attached hydrogens (primary N) is 1. The predicted molar refractivity (Wildman–Crippen MR) is 124 cm³/mol. The smallest absolute Gasteiger partial charge is 0.407 e. The monoisotopic (exact) mass is 500 g/mol. The van der Waals surface area contributed by atoms with E-state index in [1.807, 2.05) is 13.8 Å². The predicted octanol–water partition coefficient (Wildman–Crippen LogP) is 1.46. The number of amides is 2. The SMILES string of the molecule is CC(C)COC(=O)NCc1ccc(O)c2c1C[C@H]1C[C@H]3CC(O)=C(C(N)=O)C(=O)[C@@]3(O)C(O)=C1C2=O. The number of phenols is 1. The largest absolute Gasteiger partial charge is 0.511 e. The number of hydrogen-bond donors (Lipinski definition) is 6. The van der Waals surface area contributed by atoms with Crippen molar-refractivity contribution in [3.05, 3.63) is 51.5 Å². The van der Waals surface area contributed by atoms with Crippen LogP contribution in [-0.4, -0.2) is 56.2 Å². The number of carbonyl (C=O) groups is 4. The van der Waals surface area contributed by atoms with E-state index in [2.05, 4.69) is 5.32 Å². The summed E-state index contributed by atoms with van der Waals surface area (Å²) in [6.45, 7) is 4.04. The second kappa shape index (κ2) is 8.98. The van der Waals surface area contributed by atoms with Crippen LogP contribution in [0.5, 0.6) is 5.75 Å². The Hall–Kier alpha value is -3.86. The first kappa shape index (κ1) is 25.2. The Morgan fingerprint density at radius 1 is 1.19 bits per heavy atom. The second-order valence-electron chi connectivity index (χ2n) is 9.85. The number of ether oxygens (including phenoxy) is 1. The summed E-state index contributed by atoms with van der Waals surface area (Å²) in [7, 11) is 0. The number of Topliss-reactive ketones (excluding diaryl/α,β-unsaturated/α-hetero) is 2. The fourth-order valence-corrected chi connectivity index (χ4v) is 5.31. The summed E-state index contributed by atoms with van der Waals surface area (Å²) in [6.07, 6.45) is -0.754. The van der Waals surface area contributed by atoms with Crippen LogP contribution in [0.25, 0.3) is 0 Å². The average Bonchev–Trinajstić information content (AvgIpc) is 2.79. The van der Waals surface area contributed by atoms with Crippen LogP contribution in [0.2, 0.25) is 0 Å². The quantitative estimate of drug-likeness (QED) is 0.324. The summed E-state index contributed by atoms with van der Waals surface area (Å²) < 4.78 is 5.10. The Balaban J connectivity index is 1.71. The van der Waals surface area contributed by atoms with Gasteiger partial charge >= 0.3 is 6.09 Å². The highest BCUT2D eigenvalue weighted by Crippen LogP contribution is 2.51. The Bertz CT molecular complexity index is 1250. The summed E-state index contributed by atoms with van der Waals surface area (Å²) in [5, 5.41) is 45.6. The van der Waals surface area contributed by atoms with Gasteiger partial charge in [0.15, 0.2) is 11.4 Å². The van der Waals surface area contributed by atoms with Crippen molar-refractivity contribution in [2.24, 2.45) is 23.5 Å². The van der Waals surface area contributed by atoms with Crippen molar-refractivity contribution in [1.29, 1.82) is 0 Å². The lowest BCUT2D eigenvalue weighted by atomic mass is 9.60. The second-order valence-corrected chi connectivity index (χ2v) is 9.85. The van der Waals surface area contributed by atoms with Crippen LogP contribution >= 0.6 is 0 Å². The van der Waals surface area contributed by atoms with Gasteiger partial charge in [0.1, 0.15) is 22.8 Å². The lowest BCUT2D eigenvalue weighted by Gasteiger charge is -2.45. The number of allylic oxidation sites excluding steroid dienone is 2. The molecule has 0 bridgehead atoms. The van der Waals surface area contributed by atoms with Gasteiger partial charge in [-0.25, -0.2) is 4.79 Å². The van der Waals surface area contributed by atoms with E-state index in [1.54, 1.807) is 6.07 Å². The van der Waals surface area contributed by atoms with Crippen molar-refractivity contribution in [3.8, 4) is 5.75 Å². The first-order chi connectivity index (χ1) is 16.9. The number of alkyl carbamates (subject to hydrolysis) is 1. The zero-order chi connectivity index (χ0) is 26.5. The van der Waals surface area contributed by atoms with E-state index in [-0.39, 0.29) is 55.2 Å². The Labute approximate surface area is 206 Å². The third kappa shape index (κ3) is 3.89. The first-order valence-corrected chi connectivity index (χ1v) is 11.6. The van der Waals surface area contributed by atoms with Crippen molar-refractivity contribution in [2.45, 2.75) is 45.3 Å². The lowest BCUT2D eigenvalue weighted by Crippen LogP contribution is -2.57. The molecule has 0 heterocycles. The summed E-state index contributed by atoms with van der Waals surface area (Å²) in [4.78, 5) is 50.2. The molecule has 11 nitrogen and oxygen atoms in total. The molecule has 192 valence electrons. The van der Waals surface area contributed by atoms with Crippen molar-refractivity contribution in [2.75, 3.05) is 6.61 Å². The molecule has 7 N–H and O–H groups in total. The molecule has 0 fully saturated rings. The minimum Gasteiger partial charge on any atom is -0.511 e. The average molecular weight is 501 g/mol. The van der Waals surface area contributed by atoms with E-state index in [0.29, 0.717) is 11.1 Å². The van der Waals surface area contributed by atoms with Gasteiger partial charge in [-0.2, -0.15) is 0 Å². The number of aliphatic hydroxyl groups excluding tert-OH is 2. The maximum atomic E-state index is 13.5. The van der Waals surface area contributed by atoms with Gasteiger partial charge in [0, 0.05) is 24.5 Å². The summed E-state index contributed by atoms with van der Waals surface area (Å²) in [6, 6.07) is 2.85. The van der Waals surface area contributed by atoms with Crippen LogP contribution in [0.15, 0.2) is 34.8 Å². The van der Waals surface area contributed by atoms with E-state index < -0.39 is 58.1 Å². The topological polar surface area (TPSA) is 196 Å². The van der Waals surface area contributed by atoms with Crippen molar-refractivity contribution in [3.63, 3.8) is 0 Å². The van der Waals surface area contributed by atoms with Crippen LogP contribution in [-0.2, 0) is 27.3 Å². The van der Waals surface area contributed by atoms with Crippen LogP contribution in [0, 0.1) is 17.8 Å². The molecule has 36 heavy (non-hydrogen) atoms. The van der Waals surface area contributed by atoms with Crippen molar-refractivity contribution in [1.82, 2.24) is 5.32 Å². The third-order valence-corrected chi connectivity index (χ3v) is 7.01. The zero-order valence-corrected chi connectivity index (χ0v) is 19.8. The summed E-state index contributed by atoms with van der Waals surface area (Å²) in [5.74, 6) is -6.67. The van der Waals surface area contributed by atoms with Gasteiger partial charge in [0.05, 0.1) is 12.2 Å². The summed E-state index contributed by atoms with van der Waals surface area (Å²) in [5.41, 5.74) is 2.43. The maximum absolute atomic E-state index is 13.5. The molecule has 0 saturated carbocycles. The number of nitrogens with one attached hydrogen (secondary N) is 1. The molecule has 3 atom stereocenters. The van der Waals surface area contributed by atoms with Gasteiger partial charge in [-0.05, 0) is 41.9 Å². The molecular weight excluding hydrogens is 472 g/mol. The number of aliphatic hydroxyl groups is 3. The van der Waals surface area contributed by atoms with Crippen LogP contribution in [0.3, 0.4) is 0 Å². The summed E-state index contributed by atoms with van der Waals surface area (Å²) >= 11 is 0. The molecule has 0 saturated heterocycles. The Morgan fingerprint density at radius 2 is 1.89 bits per heavy atom. The van der Waals surface area contributed by atoms with Crippen LogP contribution in [0.1, 0.15) is 48.2 Å². The molecule has 0 aromatic heterocycles. The van der Waals surface area contributed by atoms with E-state index in [9.17, 15) is 39.6 Å². The van der Waals surface area contributed by atoms with Gasteiger partial charge in [-0.15, -0.1) is 0 Å². The van der Waals surface area contributed by atoms with E-state index in [0.717, 1.165) is 0 Å². The number of rotatable bonds is 5. The molecule has 2 amide bonds. The molecule has 4 rings (SSSR count). The number of benzene rings is 1. The Kier molecular flexibility index (Phi) is 6.29. The van der Waals surface area contributed by atoms with Gasteiger partial charge in [0.2, 0.25) is 5.78 Å². The Morgan fingerprint density at radius 3 is 2.53 bits per heavy atom. The van der Waals surface area contributed by atoms with Crippen LogP contribution < -0.4 is 11.1 Å². The van der Waals surface area contributed by atoms with E-state index >= 15 is 0 Å².